The van der Waals surface area contributed by atoms with Gasteiger partial charge in [0.15, 0.2) is 11.6 Å². The molecule has 114 valence electrons. The largest absolute Gasteiger partial charge is 0.354 e. The molecule has 1 heterocycles. The third-order valence-electron chi connectivity index (χ3n) is 3.10. The van der Waals surface area contributed by atoms with Crippen LogP contribution in [0, 0.1) is 11.3 Å². The first-order valence-electron chi connectivity index (χ1n) is 6.63. The molecule has 2 aromatic carbocycles. The van der Waals surface area contributed by atoms with E-state index in [0.29, 0.717) is 11.3 Å². The molecule has 0 bridgehead atoms. The van der Waals surface area contributed by atoms with Crippen molar-refractivity contribution < 1.29 is 12.9 Å². The van der Waals surface area contributed by atoms with Crippen LogP contribution in [0.15, 0.2) is 70.1 Å². The quantitative estimate of drug-likeness (QED) is 0.795. The van der Waals surface area contributed by atoms with E-state index in [4.69, 9.17) is 9.78 Å². The van der Waals surface area contributed by atoms with E-state index < -0.39 is 10.0 Å². The van der Waals surface area contributed by atoms with Gasteiger partial charge in [0, 0.05) is 11.6 Å². The lowest BCUT2D eigenvalue weighted by molar-refractivity contribution is 0.435. The van der Waals surface area contributed by atoms with E-state index in [2.05, 4.69) is 9.88 Å². The van der Waals surface area contributed by atoms with E-state index in [-0.39, 0.29) is 10.7 Å². The summed E-state index contributed by atoms with van der Waals surface area (Å²) in [4.78, 5) is 0.0424. The first-order valence-corrected chi connectivity index (χ1v) is 8.12. The fourth-order valence-electron chi connectivity index (χ4n) is 1.97. The second-order valence-electron chi connectivity index (χ2n) is 4.68. The van der Waals surface area contributed by atoms with E-state index in [0.717, 1.165) is 5.56 Å². The minimum atomic E-state index is -3.79. The van der Waals surface area contributed by atoms with Crippen LogP contribution in [0.2, 0.25) is 0 Å². The standard InChI is InChI=1S/C16H11N3O3S/c17-11-12-6-8-14(9-7-12)23(20,21)19-16-10-15(22-18-16)13-4-2-1-3-5-13/h1-10H,(H,18,19). The Bertz CT molecular complexity index is 956. The predicted molar refractivity (Wildman–Crippen MR) is 83.9 cm³/mol. The van der Waals surface area contributed by atoms with Gasteiger partial charge in [-0.1, -0.05) is 35.5 Å². The molecule has 0 fully saturated rings. The summed E-state index contributed by atoms with van der Waals surface area (Å²) in [5.41, 5.74) is 1.18. The molecule has 0 aliphatic heterocycles. The van der Waals surface area contributed by atoms with E-state index >= 15 is 0 Å². The molecule has 0 spiro atoms. The molecule has 0 amide bonds. The van der Waals surface area contributed by atoms with E-state index in [1.54, 1.807) is 0 Å². The van der Waals surface area contributed by atoms with Crippen molar-refractivity contribution in [2.24, 2.45) is 0 Å². The second kappa shape index (κ2) is 5.94. The number of anilines is 1. The zero-order valence-corrected chi connectivity index (χ0v) is 12.6. The summed E-state index contributed by atoms with van der Waals surface area (Å²) < 4.78 is 32.0. The molecule has 0 radical (unpaired) electrons. The lowest BCUT2D eigenvalue weighted by atomic mass is 10.2. The maximum Gasteiger partial charge on any atom is 0.263 e. The second-order valence-corrected chi connectivity index (χ2v) is 6.37. The normalized spacial score (nSPS) is 10.9. The minimum absolute atomic E-state index is 0.0424. The van der Waals surface area contributed by atoms with Crippen molar-refractivity contribution >= 4 is 15.8 Å². The summed E-state index contributed by atoms with van der Waals surface area (Å²) >= 11 is 0. The molecule has 0 aliphatic carbocycles. The molecular weight excluding hydrogens is 314 g/mol. The average Bonchev–Trinajstić information content (AvgIpc) is 3.03. The number of nitriles is 1. The first kappa shape index (κ1) is 14.8. The summed E-state index contributed by atoms with van der Waals surface area (Å²) in [5.74, 6) is 0.552. The van der Waals surface area contributed by atoms with Gasteiger partial charge < -0.3 is 4.52 Å². The average molecular weight is 325 g/mol. The van der Waals surface area contributed by atoms with Crippen LogP contribution in [0.1, 0.15) is 5.56 Å². The highest BCUT2D eigenvalue weighted by Gasteiger charge is 2.17. The van der Waals surface area contributed by atoms with Gasteiger partial charge in [-0.2, -0.15) is 5.26 Å². The lowest BCUT2D eigenvalue weighted by Crippen LogP contribution is -2.13. The SMILES string of the molecule is N#Cc1ccc(S(=O)(=O)Nc2cc(-c3ccccc3)on2)cc1. The molecule has 6 nitrogen and oxygen atoms in total. The molecule has 0 saturated carbocycles. The summed E-state index contributed by atoms with van der Waals surface area (Å²) in [6.45, 7) is 0. The highest BCUT2D eigenvalue weighted by molar-refractivity contribution is 7.92. The van der Waals surface area contributed by atoms with Gasteiger partial charge >= 0.3 is 0 Å². The van der Waals surface area contributed by atoms with Crippen molar-refractivity contribution in [3.8, 4) is 17.4 Å². The maximum absolute atomic E-state index is 12.3. The molecule has 0 atom stereocenters. The van der Waals surface area contributed by atoms with E-state index in [9.17, 15) is 8.42 Å². The molecule has 3 aromatic rings. The van der Waals surface area contributed by atoms with Gasteiger partial charge in [0.05, 0.1) is 16.5 Å². The van der Waals surface area contributed by atoms with Gasteiger partial charge in [-0.05, 0) is 24.3 Å². The molecule has 7 heteroatoms. The topological polar surface area (TPSA) is 96.0 Å². The third kappa shape index (κ3) is 3.22. The Morgan fingerprint density at radius 2 is 1.74 bits per heavy atom. The Morgan fingerprint density at radius 1 is 1.04 bits per heavy atom. The summed E-state index contributed by atoms with van der Waals surface area (Å²) in [6.07, 6.45) is 0. The van der Waals surface area contributed by atoms with Gasteiger partial charge in [0.1, 0.15) is 0 Å². The van der Waals surface area contributed by atoms with Crippen LogP contribution in [0.4, 0.5) is 5.82 Å². The van der Waals surface area contributed by atoms with Crippen LogP contribution in [0.5, 0.6) is 0 Å². The monoisotopic (exact) mass is 325 g/mol. The Balaban J connectivity index is 1.84. The number of rotatable bonds is 4. The molecule has 23 heavy (non-hydrogen) atoms. The Hall–Kier alpha value is -3.11. The predicted octanol–water partition coefficient (Wildman–Crippen LogP) is 3.01. The van der Waals surface area contributed by atoms with Crippen LogP contribution in [0.25, 0.3) is 11.3 Å². The van der Waals surface area contributed by atoms with E-state index in [1.165, 1.54) is 30.3 Å². The van der Waals surface area contributed by atoms with Crippen molar-refractivity contribution in [1.29, 1.82) is 5.26 Å². The maximum atomic E-state index is 12.3. The van der Waals surface area contributed by atoms with Gasteiger partial charge in [-0.15, -0.1) is 0 Å². The highest BCUT2D eigenvalue weighted by atomic mass is 32.2. The van der Waals surface area contributed by atoms with Crippen LogP contribution < -0.4 is 4.72 Å². The Labute approximate surface area is 133 Å². The van der Waals surface area contributed by atoms with Crippen molar-refractivity contribution in [2.75, 3.05) is 4.72 Å². The molecule has 0 aliphatic rings. The summed E-state index contributed by atoms with van der Waals surface area (Å²) in [7, 11) is -3.79. The molecule has 1 N–H and O–H groups in total. The molecule has 1 aromatic heterocycles. The molecule has 0 unspecified atom stereocenters. The number of hydrogen-bond acceptors (Lipinski definition) is 5. The lowest BCUT2D eigenvalue weighted by Gasteiger charge is -2.04. The summed E-state index contributed by atoms with van der Waals surface area (Å²) in [5, 5.41) is 12.5. The fraction of sp³-hybridized carbons (Fsp3) is 0. The van der Waals surface area contributed by atoms with Crippen molar-refractivity contribution in [3.05, 3.63) is 66.2 Å². The van der Waals surface area contributed by atoms with E-state index in [1.807, 2.05) is 36.4 Å². The molecular formula is C16H11N3O3S. The molecule has 3 rings (SSSR count). The van der Waals surface area contributed by atoms with Crippen LogP contribution >= 0.6 is 0 Å². The Kier molecular flexibility index (Phi) is 3.83. The van der Waals surface area contributed by atoms with Gasteiger partial charge in [-0.3, -0.25) is 4.72 Å². The van der Waals surface area contributed by atoms with Gasteiger partial charge in [-0.25, -0.2) is 8.42 Å². The van der Waals surface area contributed by atoms with Crippen LogP contribution in [-0.4, -0.2) is 13.6 Å². The number of nitrogens with zero attached hydrogens (tertiary/aromatic N) is 2. The fourth-order valence-corrected chi connectivity index (χ4v) is 2.95. The van der Waals surface area contributed by atoms with Crippen molar-refractivity contribution in [1.82, 2.24) is 5.16 Å². The number of sulfonamides is 1. The summed E-state index contributed by atoms with van der Waals surface area (Å²) in [6, 6.07) is 18.3. The minimum Gasteiger partial charge on any atom is -0.354 e. The van der Waals surface area contributed by atoms with Gasteiger partial charge in [0.2, 0.25) is 0 Å². The first-order chi connectivity index (χ1) is 11.1. The number of benzene rings is 2. The third-order valence-corrected chi connectivity index (χ3v) is 4.47. The van der Waals surface area contributed by atoms with Crippen LogP contribution in [-0.2, 0) is 10.0 Å². The number of nitrogens with one attached hydrogen (secondary N) is 1. The zero-order chi connectivity index (χ0) is 16.3. The number of aromatic nitrogens is 1. The van der Waals surface area contributed by atoms with Crippen molar-refractivity contribution in [3.63, 3.8) is 0 Å². The number of hydrogen-bond donors (Lipinski definition) is 1. The van der Waals surface area contributed by atoms with Crippen LogP contribution in [0.3, 0.4) is 0 Å². The zero-order valence-electron chi connectivity index (χ0n) is 11.8. The highest BCUT2D eigenvalue weighted by Crippen LogP contribution is 2.23. The Morgan fingerprint density at radius 3 is 2.39 bits per heavy atom. The molecule has 0 saturated heterocycles. The van der Waals surface area contributed by atoms with Crippen molar-refractivity contribution in [2.45, 2.75) is 4.90 Å². The smallest absolute Gasteiger partial charge is 0.263 e. The van der Waals surface area contributed by atoms with Gasteiger partial charge in [0.25, 0.3) is 10.0 Å².